The van der Waals surface area contributed by atoms with Crippen molar-refractivity contribution in [3.8, 4) is 5.69 Å². The number of carbonyl (C=O) groups is 1. The van der Waals surface area contributed by atoms with Crippen molar-refractivity contribution in [2.45, 2.75) is 20.8 Å². The highest BCUT2D eigenvalue weighted by atomic mass is 79.9. The van der Waals surface area contributed by atoms with Crippen molar-refractivity contribution in [3.05, 3.63) is 75.5 Å². The Morgan fingerprint density at radius 1 is 1.04 bits per heavy atom. The van der Waals surface area contributed by atoms with Gasteiger partial charge < -0.3 is 5.32 Å². The first-order valence-electron chi connectivity index (χ1n) is 7.65. The number of rotatable bonds is 3. The molecule has 0 atom stereocenters. The average molecular weight is 384 g/mol. The fraction of sp³-hybridized carbons (Fsp3) is 0.158. The van der Waals surface area contributed by atoms with Crippen molar-refractivity contribution < 1.29 is 4.79 Å². The summed E-state index contributed by atoms with van der Waals surface area (Å²) in [4.78, 5) is 12.4. The number of benzene rings is 2. The van der Waals surface area contributed by atoms with Gasteiger partial charge in [-0.1, -0.05) is 15.9 Å². The van der Waals surface area contributed by atoms with Gasteiger partial charge in [0.1, 0.15) is 0 Å². The Morgan fingerprint density at radius 3 is 2.33 bits per heavy atom. The summed E-state index contributed by atoms with van der Waals surface area (Å²) in [7, 11) is 0. The van der Waals surface area contributed by atoms with Crippen LogP contribution in [0.25, 0.3) is 5.69 Å². The molecule has 0 radical (unpaired) electrons. The van der Waals surface area contributed by atoms with Crippen LogP contribution in [-0.2, 0) is 0 Å². The monoisotopic (exact) mass is 383 g/mol. The topological polar surface area (TPSA) is 46.9 Å². The maximum absolute atomic E-state index is 12.4. The van der Waals surface area contributed by atoms with E-state index in [0.717, 1.165) is 32.8 Å². The number of carbonyl (C=O) groups excluding carboxylic acids is 1. The molecular weight excluding hydrogens is 366 g/mol. The van der Waals surface area contributed by atoms with Gasteiger partial charge in [-0.25, -0.2) is 4.68 Å². The van der Waals surface area contributed by atoms with Crippen LogP contribution in [0.2, 0.25) is 0 Å². The van der Waals surface area contributed by atoms with Crippen LogP contribution in [0.1, 0.15) is 27.3 Å². The van der Waals surface area contributed by atoms with Gasteiger partial charge in [0, 0.05) is 21.4 Å². The fourth-order valence-corrected chi connectivity index (χ4v) is 3.08. The van der Waals surface area contributed by atoms with E-state index in [1.807, 2.05) is 74.0 Å². The molecule has 0 aliphatic rings. The van der Waals surface area contributed by atoms with E-state index in [2.05, 4.69) is 26.3 Å². The van der Waals surface area contributed by atoms with Gasteiger partial charge in [0.2, 0.25) is 0 Å². The third kappa shape index (κ3) is 3.41. The molecular formula is C19H18BrN3O. The summed E-state index contributed by atoms with van der Waals surface area (Å²) in [6, 6.07) is 15.2. The zero-order valence-corrected chi connectivity index (χ0v) is 15.4. The molecule has 2 aromatic carbocycles. The Kier molecular flexibility index (Phi) is 4.53. The summed E-state index contributed by atoms with van der Waals surface area (Å²) in [5.74, 6) is -0.125. The third-order valence-corrected chi connectivity index (χ3v) is 4.31. The zero-order chi connectivity index (χ0) is 17.3. The number of hydrogen-bond donors (Lipinski definition) is 1. The minimum Gasteiger partial charge on any atom is -0.322 e. The molecule has 0 spiro atoms. The molecule has 1 heterocycles. The van der Waals surface area contributed by atoms with Gasteiger partial charge in [0.25, 0.3) is 5.91 Å². The van der Waals surface area contributed by atoms with E-state index in [0.29, 0.717) is 5.56 Å². The SMILES string of the molecule is Cc1cc(C)n(-c2ccc(C(=O)Nc3ccc(Br)cc3C)cc2)n1. The Morgan fingerprint density at radius 2 is 1.75 bits per heavy atom. The Bertz CT molecular complexity index is 897. The average Bonchev–Trinajstić information content (AvgIpc) is 2.88. The van der Waals surface area contributed by atoms with Gasteiger partial charge in [0.05, 0.1) is 11.4 Å². The Balaban J connectivity index is 1.80. The lowest BCUT2D eigenvalue weighted by molar-refractivity contribution is 0.102. The number of nitrogens with zero attached hydrogens (tertiary/aromatic N) is 2. The van der Waals surface area contributed by atoms with Gasteiger partial charge in [0.15, 0.2) is 0 Å². The first kappa shape index (κ1) is 16.5. The summed E-state index contributed by atoms with van der Waals surface area (Å²) in [6.07, 6.45) is 0. The number of nitrogens with one attached hydrogen (secondary N) is 1. The lowest BCUT2D eigenvalue weighted by Crippen LogP contribution is -2.13. The lowest BCUT2D eigenvalue weighted by Gasteiger charge is -2.10. The van der Waals surface area contributed by atoms with Crippen LogP contribution in [0.5, 0.6) is 0 Å². The van der Waals surface area contributed by atoms with Gasteiger partial charge in [-0.3, -0.25) is 4.79 Å². The molecule has 0 saturated heterocycles. The largest absolute Gasteiger partial charge is 0.322 e. The molecule has 5 heteroatoms. The van der Waals surface area contributed by atoms with Gasteiger partial charge >= 0.3 is 0 Å². The van der Waals surface area contributed by atoms with Gasteiger partial charge in [-0.05, 0) is 74.9 Å². The Hall–Kier alpha value is -2.40. The normalized spacial score (nSPS) is 10.7. The molecule has 4 nitrogen and oxygen atoms in total. The quantitative estimate of drug-likeness (QED) is 0.704. The Labute approximate surface area is 149 Å². The second kappa shape index (κ2) is 6.61. The van der Waals surface area contributed by atoms with Crippen molar-refractivity contribution in [3.63, 3.8) is 0 Å². The van der Waals surface area contributed by atoms with Crippen molar-refractivity contribution >= 4 is 27.5 Å². The molecule has 0 saturated carbocycles. The third-order valence-electron chi connectivity index (χ3n) is 3.82. The van der Waals surface area contributed by atoms with E-state index >= 15 is 0 Å². The summed E-state index contributed by atoms with van der Waals surface area (Å²) in [6.45, 7) is 5.94. The number of aryl methyl sites for hydroxylation is 3. The second-order valence-electron chi connectivity index (χ2n) is 5.80. The van der Waals surface area contributed by atoms with E-state index in [1.54, 1.807) is 0 Å². The van der Waals surface area contributed by atoms with E-state index < -0.39 is 0 Å². The molecule has 0 bridgehead atoms. The van der Waals surface area contributed by atoms with E-state index in [-0.39, 0.29) is 5.91 Å². The molecule has 0 fully saturated rings. The predicted octanol–water partition coefficient (Wildman–Crippen LogP) is 4.81. The molecule has 3 rings (SSSR count). The molecule has 122 valence electrons. The first-order chi connectivity index (χ1) is 11.4. The van der Waals surface area contributed by atoms with Crippen LogP contribution in [0.3, 0.4) is 0 Å². The summed E-state index contributed by atoms with van der Waals surface area (Å²) in [5.41, 5.74) is 5.41. The van der Waals surface area contributed by atoms with Crippen LogP contribution in [0, 0.1) is 20.8 Å². The molecule has 1 amide bonds. The molecule has 24 heavy (non-hydrogen) atoms. The highest BCUT2D eigenvalue weighted by molar-refractivity contribution is 9.10. The van der Waals surface area contributed by atoms with Gasteiger partial charge in [-0.15, -0.1) is 0 Å². The zero-order valence-electron chi connectivity index (χ0n) is 13.8. The van der Waals surface area contributed by atoms with Gasteiger partial charge in [-0.2, -0.15) is 5.10 Å². The smallest absolute Gasteiger partial charge is 0.255 e. The van der Waals surface area contributed by atoms with Crippen molar-refractivity contribution in [2.75, 3.05) is 5.32 Å². The molecule has 0 aliphatic heterocycles. The minimum atomic E-state index is -0.125. The number of amides is 1. The maximum Gasteiger partial charge on any atom is 0.255 e. The van der Waals surface area contributed by atoms with E-state index in [4.69, 9.17) is 0 Å². The summed E-state index contributed by atoms with van der Waals surface area (Å²) in [5, 5.41) is 7.40. The maximum atomic E-state index is 12.4. The molecule has 3 aromatic rings. The number of aromatic nitrogens is 2. The van der Waals surface area contributed by atoms with E-state index in [9.17, 15) is 4.79 Å². The van der Waals surface area contributed by atoms with Crippen LogP contribution >= 0.6 is 15.9 Å². The van der Waals surface area contributed by atoms with Crippen molar-refractivity contribution in [2.24, 2.45) is 0 Å². The molecule has 1 N–H and O–H groups in total. The highest BCUT2D eigenvalue weighted by Gasteiger charge is 2.09. The minimum absolute atomic E-state index is 0.125. The fourth-order valence-electron chi connectivity index (χ4n) is 2.61. The summed E-state index contributed by atoms with van der Waals surface area (Å²) < 4.78 is 2.86. The number of anilines is 1. The molecule has 0 unspecified atom stereocenters. The van der Waals surface area contributed by atoms with Crippen molar-refractivity contribution in [1.29, 1.82) is 0 Å². The summed E-state index contributed by atoms with van der Waals surface area (Å²) >= 11 is 3.42. The predicted molar refractivity (Wildman–Crippen MR) is 99.9 cm³/mol. The van der Waals surface area contributed by atoms with Crippen LogP contribution in [0.4, 0.5) is 5.69 Å². The van der Waals surface area contributed by atoms with E-state index in [1.165, 1.54) is 0 Å². The van der Waals surface area contributed by atoms with Crippen molar-refractivity contribution in [1.82, 2.24) is 9.78 Å². The molecule has 1 aromatic heterocycles. The second-order valence-corrected chi connectivity index (χ2v) is 6.71. The van der Waals surface area contributed by atoms with Crippen LogP contribution < -0.4 is 5.32 Å². The lowest BCUT2D eigenvalue weighted by atomic mass is 10.1. The standard InChI is InChI=1S/C19H18BrN3O/c1-12-10-16(20)6-9-18(12)21-19(24)15-4-7-17(8-5-15)23-14(3)11-13(2)22-23/h4-11H,1-3H3,(H,21,24). The number of halogens is 1. The first-order valence-corrected chi connectivity index (χ1v) is 8.44. The molecule has 0 aliphatic carbocycles. The van der Waals surface area contributed by atoms with Crippen LogP contribution in [0.15, 0.2) is 53.0 Å². The number of hydrogen-bond acceptors (Lipinski definition) is 2. The highest BCUT2D eigenvalue weighted by Crippen LogP contribution is 2.21. The van der Waals surface area contributed by atoms with Crippen LogP contribution in [-0.4, -0.2) is 15.7 Å².